The Kier molecular flexibility index (Phi) is 7.39. The Morgan fingerprint density at radius 1 is 1.33 bits per heavy atom. The smallest absolute Gasteiger partial charge is 0.414 e. The Morgan fingerprint density at radius 3 is 2.56 bits per heavy atom. The standard InChI is InChI=1S/C13H20N2O2.ClH/c1-14(2)9-8-11-6-5-7-12(10-11)17-13(16)15(3)4;/h5-7,10H,8-9H2,1-4H3;1H. The normalized spacial score (nSPS) is 9.83. The van der Waals surface area contributed by atoms with Crippen LogP contribution in [0.4, 0.5) is 4.79 Å². The maximum atomic E-state index is 11.4. The molecule has 0 fully saturated rings. The minimum Gasteiger partial charge on any atom is -1.00 e. The number of nitrogens with zero attached hydrogens (tertiary/aromatic N) is 1. The zero-order chi connectivity index (χ0) is 12.8. The first-order valence-electron chi connectivity index (χ1n) is 5.76. The lowest BCUT2D eigenvalue weighted by molar-refractivity contribution is -0.858. The average molecular weight is 273 g/mol. The molecule has 0 atom stereocenters. The molecular weight excluding hydrogens is 252 g/mol. The average Bonchev–Trinajstić information content (AvgIpc) is 2.26. The van der Waals surface area contributed by atoms with Crippen molar-refractivity contribution in [1.29, 1.82) is 0 Å². The summed E-state index contributed by atoms with van der Waals surface area (Å²) in [7, 11) is 7.58. The van der Waals surface area contributed by atoms with Crippen LogP contribution in [0.5, 0.6) is 5.75 Å². The second-order valence-electron chi connectivity index (χ2n) is 4.62. The molecule has 18 heavy (non-hydrogen) atoms. The highest BCUT2D eigenvalue weighted by molar-refractivity contribution is 5.69. The first kappa shape index (κ1) is 16.7. The van der Waals surface area contributed by atoms with Gasteiger partial charge in [0.15, 0.2) is 0 Å². The molecule has 0 saturated heterocycles. The van der Waals surface area contributed by atoms with Gasteiger partial charge in [0, 0.05) is 20.5 Å². The summed E-state index contributed by atoms with van der Waals surface area (Å²) in [6, 6.07) is 7.69. The highest BCUT2D eigenvalue weighted by Gasteiger charge is 2.07. The molecule has 1 amide bonds. The van der Waals surface area contributed by atoms with Gasteiger partial charge in [-0.2, -0.15) is 0 Å². The third-order valence-electron chi connectivity index (χ3n) is 2.38. The van der Waals surface area contributed by atoms with E-state index >= 15 is 0 Å². The van der Waals surface area contributed by atoms with Gasteiger partial charge in [-0.05, 0) is 17.7 Å². The van der Waals surface area contributed by atoms with Crippen LogP contribution in [0.25, 0.3) is 0 Å². The summed E-state index contributed by atoms with van der Waals surface area (Å²) in [5.74, 6) is 0.606. The molecule has 0 heterocycles. The number of hydrogen-bond donors (Lipinski definition) is 1. The Hall–Kier alpha value is -1.26. The van der Waals surface area contributed by atoms with E-state index in [1.54, 1.807) is 20.2 Å². The number of hydrogen-bond acceptors (Lipinski definition) is 2. The SMILES string of the molecule is CN(C)C(=O)Oc1cccc(CC[NH+](C)C)c1.[Cl-]. The molecule has 1 aromatic rings. The van der Waals surface area contributed by atoms with Gasteiger partial charge in [-0.15, -0.1) is 0 Å². The Balaban J connectivity index is 0.00000289. The summed E-state index contributed by atoms with van der Waals surface area (Å²) < 4.78 is 5.20. The Bertz CT molecular complexity index is 381. The molecule has 0 aliphatic rings. The largest absolute Gasteiger partial charge is 1.00 e. The molecule has 0 aliphatic carbocycles. The molecule has 0 aliphatic heterocycles. The van der Waals surface area contributed by atoms with Crippen molar-refractivity contribution < 1.29 is 26.8 Å². The van der Waals surface area contributed by atoms with Crippen LogP contribution in [0.1, 0.15) is 5.56 Å². The number of ether oxygens (including phenoxy) is 1. The number of amides is 1. The molecular formula is C13H21ClN2O2. The first-order valence-corrected chi connectivity index (χ1v) is 5.76. The van der Waals surface area contributed by atoms with Crippen molar-refractivity contribution in [2.24, 2.45) is 0 Å². The highest BCUT2D eigenvalue weighted by atomic mass is 35.5. The summed E-state index contributed by atoms with van der Waals surface area (Å²) >= 11 is 0. The van der Waals surface area contributed by atoms with Crippen LogP contribution < -0.4 is 22.0 Å². The molecule has 1 N–H and O–H groups in total. The molecule has 0 saturated carbocycles. The van der Waals surface area contributed by atoms with Gasteiger partial charge < -0.3 is 26.9 Å². The topological polar surface area (TPSA) is 34.0 Å². The number of nitrogens with one attached hydrogen (secondary N) is 1. The molecule has 0 spiro atoms. The van der Waals surface area contributed by atoms with E-state index in [1.165, 1.54) is 15.4 Å². The molecule has 1 aromatic carbocycles. The highest BCUT2D eigenvalue weighted by Crippen LogP contribution is 2.14. The number of halogens is 1. The van der Waals surface area contributed by atoms with Crippen LogP contribution >= 0.6 is 0 Å². The van der Waals surface area contributed by atoms with E-state index in [2.05, 4.69) is 20.2 Å². The van der Waals surface area contributed by atoms with E-state index in [9.17, 15) is 4.79 Å². The van der Waals surface area contributed by atoms with Crippen LogP contribution in [0.3, 0.4) is 0 Å². The van der Waals surface area contributed by atoms with Crippen molar-refractivity contribution in [3.05, 3.63) is 29.8 Å². The van der Waals surface area contributed by atoms with Crippen molar-refractivity contribution in [3.8, 4) is 5.75 Å². The van der Waals surface area contributed by atoms with Crippen LogP contribution in [0.2, 0.25) is 0 Å². The number of carbonyl (C=O) groups excluding carboxylic acids is 1. The lowest BCUT2D eigenvalue weighted by Gasteiger charge is -2.12. The van der Waals surface area contributed by atoms with Crippen molar-refractivity contribution in [1.82, 2.24) is 4.90 Å². The molecule has 5 heteroatoms. The zero-order valence-electron chi connectivity index (χ0n) is 11.4. The van der Waals surface area contributed by atoms with Gasteiger partial charge in [0.2, 0.25) is 0 Å². The van der Waals surface area contributed by atoms with E-state index in [-0.39, 0.29) is 18.5 Å². The van der Waals surface area contributed by atoms with Crippen LogP contribution in [0, 0.1) is 0 Å². The maximum absolute atomic E-state index is 11.4. The first-order chi connectivity index (χ1) is 7.99. The number of quaternary nitrogens is 1. The maximum Gasteiger partial charge on any atom is 0.414 e. The molecule has 1 rings (SSSR count). The van der Waals surface area contributed by atoms with E-state index in [0.29, 0.717) is 5.75 Å². The summed E-state index contributed by atoms with van der Waals surface area (Å²) in [6.45, 7) is 1.06. The van der Waals surface area contributed by atoms with Crippen LogP contribution in [0.15, 0.2) is 24.3 Å². The summed E-state index contributed by atoms with van der Waals surface area (Å²) in [6.07, 6.45) is 0.635. The number of rotatable bonds is 4. The number of benzene rings is 1. The van der Waals surface area contributed by atoms with Crippen molar-refractivity contribution in [2.45, 2.75) is 6.42 Å². The molecule has 4 nitrogen and oxygen atoms in total. The predicted molar refractivity (Wildman–Crippen MR) is 67.5 cm³/mol. The number of carbonyl (C=O) groups is 1. The summed E-state index contributed by atoms with van der Waals surface area (Å²) in [4.78, 5) is 14.2. The fourth-order valence-corrected chi connectivity index (χ4v) is 1.35. The van der Waals surface area contributed by atoms with Gasteiger partial charge in [-0.3, -0.25) is 0 Å². The second-order valence-corrected chi connectivity index (χ2v) is 4.62. The van der Waals surface area contributed by atoms with Crippen molar-refractivity contribution in [3.63, 3.8) is 0 Å². The van der Waals surface area contributed by atoms with E-state index < -0.39 is 0 Å². The van der Waals surface area contributed by atoms with Crippen molar-refractivity contribution >= 4 is 6.09 Å². The molecule has 0 bridgehead atoms. The molecule has 0 unspecified atom stereocenters. The quantitative estimate of drug-likeness (QED) is 0.654. The summed E-state index contributed by atoms with van der Waals surface area (Å²) in [5.41, 5.74) is 1.19. The van der Waals surface area contributed by atoms with Crippen LogP contribution in [-0.2, 0) is 6.42 Å². The van der Waals surface area contributed by atoms with Gasteiger partial charge in [-0.1, -0.05) is 12.1 Å². The summed E-state index contributed by atoms with van der Waals surface area (Å²) in [5, 5.41) is 0. The van der Waals surface area contributed by atoms with Gasteiger partial charge in [-0.25, -0.2) is 4.79 Å². The van der Waals surface area contributed by atoms with E-state index in [0.717, 1.165) is 13.0 Å². The monoisotopic (exact) mass is 272 g/mol. The molecule has 102 valence electrons. The second kappa shape index (κ2) is 7.95. The van der Waals surface area contributed by atoms with E-state index in [1.807, 2.05) is 12.1 Å². The lowest BCUT2D eigenvalue weighted by atomic mass is 10.1. The van der Waals surface area contributed by atoms with Crippen molar-refractivity contribution in [2.75, 3.05) is 34.7 Å². The molecule has 0 radical (unpaired) electrons. The molecule has 0 aromatic heterocycles. The Morgan fingerprint density at radius 2 is 2.00 bits per heavy atom. The third-order valence-corrected chi connectivity index (χ3v) is 2.38. The predicted octanol–water partition coefficient (Wildman–Crippen LogP) is -2.56. The van der Waals surface area contributed by atoms with Gasteiger partial charge in [0.05, 0.1) is 20.6 Å². The lowest BCUT2D eigenvalue weighted by Crippen LogP contribution is -3.05. The fourth-order valence-electron chi connectivity index (χ4n) is 1.35. The minimum atomic E-state index is -0.347. The van der Waals surface area contributed by atoms with Gasteiger partial charge in [0.1, 0.15) is 5.75 Å². The Labute approximate surface area is 115 Å². The number of likely N-dealkylation sites (N-methyl/N-ethyl adjacent to an activating group) is 1. The zero-order valence-corrected chi connectivity index (χ0v) is 12.1. The van der Waals surface area contributed by atoms with Crippen LogP contribution in [-0.4, -0.2) is 45.7 Å². The van der Waals surface area contributed by atoms with Gasteiger partial charge >= 0.3 is 6.09 Å². The van der Waals surface area contributed by atoms with E-state index in [4.69, 9.17) is 4.74 Å². The minimum absolute atomic E-state index is 0. The third kappa shape index (κ3) is 5.89. The fraction of sp³-hybridized carbons (Fsp3) is 0.462. The van der Waals surface area contributed by atoms with Gasteiger partial charge in [0.25, 0.3) is 0 Å².